The van der Waals surface area contributed by atoms with Crippen molar-refractivity contribution < 1.29 is 23.4 Å². The highest BCUT2D eigenvalue weighted by Crippen LogP contribution is 2.37. The van der Waals surface area contributed by atoms with Gasteiger partial charge in [-0.2, -0.15) is 0 Å². The summed E-state index contributed by atoms with van der Waals surface area (Å²) in [5.74, 6) is -0.292. The third-order valence-electron chi connectivity index (χ3n) is 7.07. The van der Waals surface area contributed by atoms with Crippen LogP contribution in [0.1, 0.15) is 53.4 Å². The van der Waals surface area contributed by atoms with Crippen molar-refractivity contribution >= 4 is 24.7 Å². The van der Waals surface area contributed by atoms with Crippen molar-refractivity contribution in [1.82, 2.24) is 0 Å². The van der Waals surface area contributed by atoms with Gasteiger partial charge in [-0.15, -0.1) is 6.58 Å². The maximum absolute atomic E-state index is 11.7. The van der Waals surface area contributed by atoms with Crippen LogP contribution in [0.4, 0.5) is 0 Å². The van der Waals surface area contributed by atoms with Crippen LogP contribution in [-0.2, 0) is 23.4 Å². The molecule has 1 aliphatic heterocycles. The molecule has 2 aromatic carbocycles. The minimum Gasteiger partial charge on any atom is -0.460 e. The Morgan fingerprint density at radius 2 is 1.56 bits per heavy atom. The first-order valence-corrected chi connectivity index (χ1v) is 14.8. The Balaban J connectivity index is 1.88. The molecule has 0 spiro atoms. The average molecular weight is 511 g/mol. The first kappa shape index (κ1) is 28.3. The van der Waals surface area contributed by atoms with Gasteiger partial charge in [0.1, 0.15) is 6.10 Å². The Labute approximate surface area is 217 Å². The third-order valence-corrected chi connectivity index (χ3v) is 12.1. The molecule has 5 nitrogen and oxygen atoms in total. The SMILES string of the molecule is C=CC[C@@H]1O[C@H](CCO[Si](c2ccccc2)(c2ccccc2)C(C)(C)C)[C@@H](OC)CC[C@H]1OC(C)=O. The van der Waals surface area contributed by atoms with E-state index in [1.165, 1.54) is 17.3 Å². The lowest BCUT2D eigenvalue weighted by molar-refractivity contribution is -0.159. The van der Waals surface area contributed by atoms with E-state index in [1.807, 2.05) is 6.08 Å². The van der Waals surface area contributed by atoms with E-state index >= 15 is 0 Å². The van der Waals surface area contributed by atoms with Crippen LogP contribution in [0.15, 0.2) is 73.3 Å². The molecule has 0 radical (unpaired) electrons. The summed E-state index contributed by atoms with van der Waals surface area (Å²) in [6.45, 7) is 12.7. The molecular weight excluding hydrogens is 468 g/mol. The van der Waals surface area contributed by atoms with E-state index in [2.05, 4.69) is 88.0 Å². The molecule has 196 valence electrons. The Bertz CT molecular complexity index is 917. The molecule has 0 amide bonds. The zero-order valence-corrected chi connectivity index (χ0v) is 23.4. The fourth-order valence-electron chi connectivity index (χ4n) is 5.43. The van der Waals surface area contributed by atoms with Gasteiger partial charge in [-0.25, -0.2) is 0 Å². The number of hydrogen-bond acceptors (Lipinski definition) is 5. The molecule has 0 bridgehead atoms. The quantitative estimate of drug-likeness (QED) is 0.255. The first-order valence-electron chi connectivity index (χ1n) is 12.9. The van der Waals surface area contributed by atoms with Crippen LogP contribution in [0.25, 0.3) is 0 Å². The van der Waals surface area contributed by atoms with Gasteiger partial charge < -0.3 is 18.6 Å². The van der Waals surface area contributed by atoms with Gasteiger partial charge in [-0.3, -0.25) is 4.79 Å². The molecule has 1 fully saturated rings. The van der Waals surface area contributed by atoms with Gasteiger partial charge in [0, 0.05) is 20.6 Å². The zero-order valence-electron chi connectivity index (χ0n) is 22.4. The van der Waals surface area contributed by atoms with Crippen molar-refractivity contribution in [2.75, 3.05) is 13.7 Å². The minimum absolute atomic E-state index is 0.0908. The standard InChI is InChI=1S/C30H42O5Si/c1-7-14-27-28(34-23(2)31)20-19-26(32-6)29(35-27)21-22-33-36(30(3,4)5,24-15-10-8-11-16-24)25-17-12-9-13-18-25/h7-13,15-18,26-29H,1,14,19-22H2,2-6H3/t26-,27-,28+,29+/m0/s1. The summed E-state index contributed by atoms with van der Waals surface area (Å²) in [5, 5.41) is 2.42. The molecular formula is C30H42O5Si. The van der Waals surface area contributed by atoms with Crippen LogP contribution in [0, 0.1) is 0 Å². The van der Waals surface area contributed by atoms with Crippen LogP contribution >= 0.6 is 0 Å². The van der Waals surface area contributed by atoms with Gasteiger partial charge in [0.05, 0.1) is 18.3 Å². The molecule has 3 rings (SSSR count). The number of carbonyl (C=O) groups excluding carboxylic acids is 1. The lowest BCUT2D eigenvalue weighted by atomic mass is 10.0. The zero-order chi connectivity index (χ0) is 26.2. The molecule has 0 unspecified atom stereocenters. The van der Waals surface area contributed by atoms with E-state index in [0.717, 1.165) is 6.42 Å². The molecule has 1 aliphatic rings. The third kappa shape index (κ3) is 6.54. The van der Waals surface area contributed by atoms with Crippen molar-refractivity contribution in [3.8, 4) is 0 Å². The second-order valence-electron chi connectivity index (χ2n) is 10.5. The van der Waals surface area contributed by atoms with Gasteiger partial charge >= 0.3 is 5.97 Å². The fraction of sp³-hybridized carbons (Fsp3) is 0.500. The van der Waals surface area contributed by atoms with Crippen LogP contribution in [-0.4, -0.2) is 52.4 Å². The van der Waals surface area contributed by atoms with E-state index in [0.29, 0.717) is 25.9 Å². The molecule has 2 aromatic rings. The molecule has 1 saturated heterocycles. The van der Waals surface area contributed by atoms with E-state index in [-0.39, 0.29) is 35.4 Å². The Morgan fingerprint density at radius 1 is 1.00 bits per heavy atom. The van der Waals surface area contributed by atoms with Crippen molar-refractivity contribution in [3.63, 3.8) is 0 Å². The van der Waals surface area contributed by atoms with Crippen molar-refractivity contribution in [2.24, 2.45) is 0 Å². The Hall–Kier alpha value is -2.25. The van der Waals surface area contributed by atoms with Crippen molar-refractivity contribution in [2.45, 2.75) is 82.8 Å². The number of hydrogen-bond donors (Lipinski definition) is 0. The number of methoxy groups -OCH3 is 1. The van der Waals surface area contributed by atoms with E-state index in [4.69, 9.17) is 18.6 Å². The van der Waals surface area contributed by atoms with Gasteiger partial charge in [-0.05, 0) is 41.1 Å². The second-order valence-corrected chi connectivity index (χ2v) is 14.8. The van der Waals surface area contributed by atoms with Gasteiger partial charge in [0.25, 0.3) is 8.32 Å². The highest BCUT2D eigenvalue weighted by molar-refractivity contribution is 6.99. The van der Waals surface area contributed by atoms with Crippen LogP contribution in [0.5, 0.6) is 0 Å². The smallest absolute Gasteiger partial charge is 0.302 e. The van der Waals surface area contributed by atoms with Crippen molar-refractivity contribution in [1.29, 1.82) is 0 Å². The number of benzene rings is 2. The Morgan fingerprint density at radius 3 is 2.03 bits per heavy atom. The largest absolute Gasteiger partial charge is 0.460 e. The topological polar surface area (TPSA) is 54.0 Å². The first-order chi connectivity index (χ1) is 17.2. The maximum atomic E-state index is 11.7. The lowest BCUT2D eigenvalue weighted by Crippen LogP contribution is -2.66. The highest BCUT2D eigenvalue weighted by Gasteiger charge is 2.50. The predicted octanol–water partition coefficient (Wildman–Crippen LogP) is 5.02. The van der Waals surface area contributed by atoms with Crippen LogP contribution in [0.2, 0.25) is 5.04 Å². The van der Waals surface area contributed by atoms with Gasteiger partial charge in [-0.1, -0.05) is 87.5 Å². The number of rotatable bonds is 10. The highest BCUT2D eigenvalue weighted by atomic mass is 28.4. The lowest BCUT2D eigenvalue weighted by Gasteiger charge is -2.43. The number of ether oxygens (including phenoxy) is 3. The van der Waals surface area contributed by atoms with Gasteiger partial charge in [0.2, 0.25) is 0 Å². The molecule has 0 aromatic heterocycles. The van der Waals surface area contributed by atoms with E-state index in [9.17, 15) is 4.79 Å². The summed E-state index contributed by atoms with van der Waals surface area (Å²) in [7, 11) is -0.907. The summed E-state index contributed by atoms with van der Waals surface area (Å²) < 4.78 is 25.1. The normalized spacial score (nSPS) is 23.0. The summed E-state index contributed by atoms with van der Waals surface area (Å²) in [4.78, 5) is 11.7. The molecule has 6 heteroatoms. The number of esters is 1. The molecule has 1 heterocycles. The van der Waals surface area contributed by atoms with Crippen molar-refractivity contribution in [3.05, 3.63) is 73.3 Å². The molecule has 36 heavy (non-hydrogen) atoms. The minimum atomic E-state index is -2.63. The summed E-state index contributed by atoms with van der Waals surface area (Å²) >= 11 is 0. The van der Waals surface area contributed by atoms with E-state index in [1.54, 1.807) is 7.11 Å². The molecule has 0 N–H and O–H groups in total. The summed E-state index contributed by atoms with van der Waals surface area (Å²) in [5.41, 5.74) is 0. The molecule has 0 saturated carbocycles. The van der Waals surface area contributed by atoms with Crippen LogP contribution in [0.3, 0.4) is 0 Å². The molecule has 4 atom stereocenters. The molecule has 0 aliphatic carbocycles. The van der Waals surface area contributed by atoms with Gasteiger partial charge in [0.15, 0.2) is 0 Å². The summed E-state index contributed by atoms with van der Waals surface area (Å²) in [6, 6.07) is 21.3. The number of carbonyl (C=O) groups is 1. The fourth-order valence-corrected chi connectivity index (χ4v) is 10.0. The maximum Gasteiger partial charge on any atom is 0.302 e. The Kier molecular flexibility index (Phi) is 10.1. The monoisotopic (exact) mass is 510 g/mol. The summed E-state index contributed by atoms with van der Waals surface area (Å²) in [6.07, 6.45) is 3.76. The van der Waals surface area contributed by atoms with Crippen LogP contribution < -0.4 is 10.4 Å². The van der Waals surface area contributed by atoms with E-state index < -0.39 is 8.32 Å². The predicted molar refractivity (Wildman–Crippen MR) is 147 cm³/mol. The second kappa shape index (κ2) is 12.8. The average Bonchev–Trinajstić information content (AvgIpc) is 3.01.